The number of thioether (sulfide) groups is 1. The molecule has 1 aromatic rings. The van der Waals surface area contributed by atoms with Crippen LogP contribution >= 0.6 is 23.4 Å². The van der Waals surface area contributed by atoms with Crippen LogP contribution in [0.25, 0.3) is 0 Å². The fourth-order valence-electron chi connectivity index (χ4n) is 2.31. The van der Waals surface area contributed by atoms with Crippen LogP contribution < -0.4 is 10.2 Å². The Balaban J connectivity index is 2.22. The van der Waals surface area contributed by atoms with E-state index >= 15 is 0 Å². The minimum atomic E-state index is 0.699. The maximum Gasteiger partial charge on any atom is 0.0471 e. The van der Waals surface area contributed by atoms with Gasteiger partial charge in [-0.2, -0.15) is 11.8 Å². The van der Waals surface area contributed by atoms with Crippen molar-refractivity contribution < 1.29 is 0 Å². The zero-order chi connectivity index (χ0) is 13.0. The molecule has 1 aliphatic rings. The van der Waals surface area contributed by atoms with Gasteiger partial charge in [-0.25, -0.2) is 0 Å². The van der Waals surface area contributed by atoms with Crippen molar-refractivity contribution in [1.82, 2.24) is 5.32 Å². The number of anilines is 1. The van der Waals surface area contributed by atoms with Crippen LogP contribution in [0.3, 0.4) is 0 Å². The van der Waals surface area contributed by atoms with Crippen molar-refractivity contribution in [2.24, 2.45) is 0 Å². The molecule has 1 atom stereocenters. The molecule has 2 rings (SSSR count). The number of hydrogen-bond acceptors (Lipinski definition) is 3. The molecule has 18 heavy (non-hydrogen) atoms. The lowest BCUT2D eigenvalue weighted by Gasteiger charge is -2.34. The average molecular weight is 285 g/mol. The van der Waals surface area contributed by atoms with E-state index in [1.807, 2.05) is 6.07 Å². The molecule has 0 aromatic heterocycles. The van der Waals surface area contributed by atoms with E-state index in [0.29, 0.717) is 5.25 Å². The molecular formula is C14H21ClN2S. The number of nitrogens with one attached hydrogen (secondary N) is 1. The van der Waals surface area contributed by atoms with Crippen molar-refractivity contribution in [3.63, 3.8) is 0 Å². The van der Waals surface area contributed by atoms with E-state index in [2.05, 4.69) is 48.0 Å². The summed E-state index contributed by atoms with van der Waals surface area (Å²) in [6, 6.07) is 6.24. The Morgan fingerprint density at radius 1 is 1.50 bits per heavy atom. The smallest absolute Gasteiger partial charge is 0.0471 e. The Bertz CT molecular complexity index is 397. The van der Waals surface area contributed by atoms with Crippen LogP contribution in [0, 0.1) is 0 Å². The third-order valence-electron chi connectivity index (χ3n) is 3.23. The van der Waals surface area contributed by atoms with Gasteiger partial charge in [-0.1, -0.05) is 31.5 Å². The van der Waals surface area contributed by atoms with E-state index in [1.54, 1.807) is 0 Å². The molecule has 100 valence electrons. The minimum Gasteiger partial charge on any atom is -0.369 e. The Morgan fingerprint density at radius 2 is 2.33 bits per heavy atom. The molecule has 1 aromatic carbocycles. The summed E-state index contributed by atoms with van der Waals surface area (Å²) in [5.41, 5.74) is 2.54. The molecule has 0 bridgehead atoms. The molecule has 4 heteroatoms. The molecule has 0 amide bonds. The monoisotopic (exact) mass is 284 g/mol. The molecule has 0 radical (unpaired) electrons. The van der Waals surface area contributed by atoms with Gasteiger partial charge in [-0.05, 0) is 18.7 Å². The van der Waals surface area contributed by atoms with Gasteiger partial charge in [0.25, 0.3) is 0 Å². The van der Waals surface area contributed by atoms with Gasteiger partial charge in [0.2, 0.25) is 0 Å². The highest BCUT2D eigenvalue weighted by Crippen LogP contribution is 2.30. The minimum absolute atomic E-state index is 0.699. The molecule has 0 saturated carbocycles. The lowest BCUT2D eigenvalue weighted by molar-refractivity contribution is 0.715. The highest BCUT2D eigenvalue weighted by atomic mass is 35.5. The van der Waals surface area contributed by atoms with Crippen molar-refractivity contribution in [1.29, 1.82) is 0 Å². The maximum atomic E-state index is 6.35. The zero-order valence-corrected chi connectivity index (χ0v) is 12.7. The van der Waals surface area contributed by atoms with E-state index in [9.17, 15) is 0 Å². The molecular weight excluding hydrogens is 264 g/mol. The first-order valence-electron chi connectivity index (χ1n) is 6.57. The van der Waals surface area contributed by atoms with Gasteiger partial charge in [-0.3, -0.25) is 0 Å². The topological polar surface area (TPSA) is 15.3 Å². The Kier molecular flexibility index (Phi) is 5.22. The molecule has 0 aliphatic carbocycles. The molecule has 1 unspecified atom stereocenters. The molecule has 1 heterocycles. The van der Waals surface area contributed by atoms with Crippen LogP contribution in [0.15, 0.2) is 18.2 Å². The zero-order valence-electron chi connectivity index (χ0n) is 11.1. The number of benzene rings is 1. The summed E-state index contributed by atoms with van der Waals surface area (Å²) >= 11 is 8.40. The lowest BCUT2D eigenvalue weighted by atomic mass is 10.1. The van der Waals surface area contributed by atoms with E-state index in [-0.39, 0.29) is 0 Å². The summed E-state index contributed by atoms with van der Waals surface area (Å²) in [7, 11) is 0. The first kappa shape index (κ1) is 14.0. The van der Waals surface area contributed by atoms with Crippen molar-refractivity contribution in [2.75, 3.05) is 30.3 Å². The second kappa shape index (κ2) is 6.69. The molecule has 1 fully saturated rings. The van der Waals surface area contributed by atoms with Crippen molar-refractivity contribution in [3.8, 4) is 0 Å². The molecule has 0 spiro atoms. The van der Waals surface area contributed by atoms with Gasteiger partial charge in [0, 0.05) is 46.9 Å². The third-order valence-corrected chi connectivity index (χ3v) is 4.72. The van der Waals surface area contributed by atoms with Crippen LogP contribution in [0.2, 0.25) is 5.02 Å². The summed E-state index contributed by atoms with van der Waals surface area (Å²) in [4.78, 5) is 2.47. The highest BCUT2D eigenvalue weighted by molar-refractivity contribution is 8.00. The second-order valence-electron chi connectivity index (χ2n) is 4.65. The first-order chi connectivity index (χ1) is 8.72. The van der Waals surface area contributed by atoms with E-state index in [0.717, 1.165) is 31.2 Å². The van der Waals surface area contributed by atoms with E-state index < -0.39 is 0 Å². The summed E-state index contributed by atoms with van der Waals surface area (Å²) in [6.45, 7) is 8.47. The predicted octanol–water partition coefficient (Wildman–Crippen LogP) is 3.39. The summed E-state index contributed by atoms with van der Waals surface area (Å²) in [5, 5.41) is 4.95. The van der Waals surface area contributed by atoms with Gasteiger partial charge < -0.3 is 10.2 Å². The quantitative estimate of drug-likeness (QED) is 0.912. The lowest BCUT2D eigenvalue weighted by Crippen LogP contribution is -2.37. The van der Waals surface area contributed by atoms with Gasteiger partial charge in [0.15, 0.2) is 0 Å². The highest BCUT2D eigenvalue weighted by Gasteiger charge is 2.20. The number of nitrogens with zero attached hydrogens (tertiary/aromatic N) is 1. The van der Waals surface area contributed by atoms with Crippen LogP contribution in [-0.2, 0) is 6.54 Å². The fraction of sp³-hybridized carbons (Fsp3) is 0.571. The fourth-order valence-corrected chi connectivity index (χ4v) is 3.56. The number of halogens is 1. The van der Waals surface area contributed by atoms with Crippen molar-refractivity contribution in [2.45, 2.75) is 25.6 Å². The first-order valence-corrected chi connectivity index (χ1v) is 7.99. The summed E-state index contributed by atoms with van der Waals surface area (Å²) in [5.74, 6) is 1.20. The second-order valence-corrected chi connectivity index (χ2v) is 6.60. The Morgan fingerprint density at radius 3 is 3.06 bits per heavy atom. The van der Waals surface area contributed by atoms with E-state index in [4.69, 9.17) is 11.6 Å². The molecule has 1 aliphatic heterocycles. The van der Waals surface area contributed by atoms with Crippen molar-refractivity contribution in [3.05, 3.63) is 28.8 Å². The predicted molar refractivity (Wildman–Crippen MR) is 83.0 cm³/mol. The third kappa shape index (κ3) is 3.34. The van der Waals surface area contributed by atoms with Gasteiger partial charge >= 0.3 is 0 Å². The van der Waals surface area contributed by atoms with Gasteiger partial charge in [0.05, 0.1) is 0 Å². The number of hydrogen-bond donors (Lipinski definition) is 1. The average Bonchev–Trinajstić information content (AvgIpc) is 2.37. The molecule has 1 N–H and O–H groups in total. The van der Waals surface area contributed by atoms with Gasteiger partial charge in [-0.15, -0.1) is 0 Å². The van der Waals surface area contributed by atoms with E-state index in [1.165, 1.54) is 17.0 Å². The SMILES string of the molecule is CCNCc1c(Cl)cccc1N1CCSC(C)C1. The van der Waals surface area contributed by atoms with Crippen LogP contribution in [0.5, 0.6) is 0 Å². The Labute approximate surface area is 119 Å². The van der Waals surface area contributed by atoms with Crippen LogP contribution in [0.4, 0.5) is 5.69 Å². The van der Waals surface area contributed by atoms with Gasteiger partial charge in [0.1, 0.15) is 0 Å². The van der Waals surface area contributed by atoms with Crippen molar-refractivity contribution >= 4 is 29.1 Å². The normalized spacial score (nSPS) is 20.2. The summed E-state index contributed by atoms with van der Waals surface area (Å²) in [6.07, 6.45) is 0. The number of rotatable bonds is 4. The van der Waals surface area contributed by atoms with Crippen LogP contribution in [-0.4, -0.2) is 30.6 Å². The standard InChI is InChI=1S/C14H21ClN2S/c1-3-16-9-12-13(15)5-4-6-14(12)17-7-8-18-11(2)10-17/h4-6,11,16H,3,7-10H2,1-2H3. The van der Waals surface area contributed by atoms with Crippen LogP contribution in [0.1, 0.15) is 19.4 Å². The Hall–Kier alpha value is -0.380. The molecule has 1 saturated heterocycles. The summed E-state index contributed by atoms with van der Waals surface area (Å²) < 4.78 is 0. The maximum absolute atomic E-state index is 6.35. The largest absolute Gasteiger partial charge is 0.369 e. The molecule has 2 nitrogen and oxygen atoms in total.